The quantitative estimate of drug-likeness (QED) is 0.603. The van der Waals surface area contributed by atoms with E-state index in [4.69, 9.17) is 26.8 Å². The molecule has 8 heteroatoms. The first kappa shape index (κ1) is 18.9. The lowest BCUT2D eigenvalue weighted by Crippen LogP contribution is -2.27. The molecule has 1 aliphatic rings. The number of amides is 1. The van der Waals surface area contributed by atoms with Crippen LogP contribution >= 0.6 is 24.0 Å². The first-order chi connectivity index (χ1) is 12.9. The monoisotopic (exact) mass is 401 g/mol. The van der Waals surface area contributed by atoms with Crippen molar-refractivity contribution in [3.05, 3.63) is 58.5 Å². The number of hydrogen-bond donors (Lipinski definition) is 1. The number of ether oxygens (including phenoxy) is 2. The second-order valence-electron chi connectivity index (χ2n) is 5.49. The summed E-state index contributed by atoms with van der Waals surface area (Å²) in [6.45, 7) is 0. The lowest BCUT2D eigenvalue weighted by Gasteiger charge is -2.14. The molecule has 1 aliphatic heterocycles. The second kappa shape index (κ2) is 7.81. The van der Waals surface area contributed by atoms with Crippen LogP contribution in [0.2, 0.25) is 0 Å². The van der Waals surface area contributed by atoms with Crippen LogP contribution in [0.15, 0.2) is 47.4 Å². The Morgan fingerprint density at radius 1 is 1.15 bits per heavy atom. The van der Waals surface area contributed by atoms with Crippen molar-refractivity contribution in [1.82, 2.24) is 0 Å². The van der Waals surface area contributed by atoms with Gasteiger partial charge in [0.25, 0.3) is 5.91 Å². The molecule has 1 N–H and O–H groups in total. The number of methoxy groups -OCH3 is 2. The lowest BCUT2D eigenvalue weighted by molar-refractivity contribution is -0.113. The molecule has 138 valence electrons. The standard InChI is InChI=1S/C19H15NO5S2/c1-24-14-7-6-11(8-15(14)25-2)9-16-17(21)20(19(26)27-16)13-5-3-4-12(10-13)18(22)23/h3-10H,1-2H3,(H,22,23)/b16-9+. The van der Waals surface area contributed by atoms with E-state index < -0.39 is 5.97 Å². The molecule has 2 aromatic rings. The Balaban J connectivity index is 1.93. The van der Waals surface area contributed by atoms with Crippen molar-refractivity contribution in [1.29, 1.82) is 0 Å². The molecule has 0 radical (unpaired) electrons. The molecule has 0 unspecified atom stereocenters. The third kappa shape index (κ3) is 3.81. The first-order valence-corrected chi connectivity index (χ1v) is 9.00. The van der Waals surface area contributed by atoms with Crippen LogP contribution in [-0.2, 0) is 4.79 Å². The Bertz CT molecular complexity index is 970. The van der Waals surface area contributed by atoms with Gasteiger partial charge in [0.1, 0.15) is 0 Å². The van der Waals surface area contributed by atoms with Crippen molar-refractivity contribution < 1.29 is 24.2 Å². The minimum Gasteiger partial charge on any atom is -0.493 e. The zero-order valence-electron chi connectivity index (χ0n) is 14.5. The van der Waals surface area contributed by atoms with Gasteiger partial charge in [-0.1, -0.05) is 36.1 Å². The Hall–Kier alpha value is -2.84. The molecule has 0 aliphatic carbocycles. The molecule has 3 rings (SSSR count). The number of nitrogens with zero attached hydrogens (tertiary/aromatic N) is 1. The SMILES string of the molecule is COc1ccc(/C=C2/SC(=S)N(c3cccc(C(=O)O)c3)C2=O)cc1OC. The minimum atomic E-state index is -1.07. The number of carbonyl (C=O) groups is 2. The van der Waals surface area contributed by atoms with Gasteiger partial charge in [0.05, 0.1) is 30.4 Å². The van der Waals surface area contributed by atoms with E-state index >= 15 is 0 Å². The summed E-state index contributed by atoms with van der Waals surface area (Å²) in [5, 5.41) is 9.15. The van der Waals surface area contributed by atoms with Gasteiger partial charge in [-0.3, -0.25) is 9.69 Å². The summed E-state index contributed by atoms with van der Waals surface area (Å²) in [5.74, 6) is -0.228. The van der Waals surface area contributed by atoms with E-state index in [9.17, 15) is 9.59 Å². The molecule has 1 heterocycles. The van der Waals surface area contributed by atoms with Crippen molar-refractivity contribution in [3.63, 3.8) is 0 Å². The number of thioether (sulfide) groups is 1. The van der Waals surface area contributed by atoms with E-state index in [0.29, 0.717) is 26.4 Å². The molecule has 1 fully saturated rings. The molecule has 0 saturated carbocycles. The molecule has 1 amide bonds. The van der Waals surface area contributed by atoms with Crippen molar-refractivity contribution in [3.8, 4) is 11.5 Å². The van der Waals surface area contributed by atoms with Gasteiger partial charge in [0.15, 0.2) is 15.8 Å². The second-order valence-corrected chi connectivity index (χ2v) is 7.16. The zero-order valence-corrected chi connectivity index (χ0v) is 16.1. The highest BCUT2D eigenvalue weighted by Crippen LogP contribution is 2.37. The fourth-order valence-corrected chi connectivity index (χ4v) is 3.86. The van der Waals surface area contributed by atoms with Crippen LogP contribution in [-0.4, -0.2) is 35.5 Å². The third-order valence-corrected chi connectivity index (χ3v) is 5.15. The van der Waals surface area contributed by atoms with Gasteiger partial charge in [-0.15, -0.1) is 0 Å². The van der Waals surface area contributed by atoms with Crippen molar-refractivity contribution in [2.75, 3.05) is 19.1 Å². The number of carbonyl (C=O) groups excluding carboxylic acids is 1. The third-order valence-electron chi connectivity index (χ3n) is 3.85. The maximum Gasteiger partial charge on any atom is 0.335 e. The average Bonchev–Trinajstić information content (AvgIpc) is 2.94. The van der Waals surface area contributed by atoms with E-state index in [2.05, 4.69) is 0 Å². The fourth-order valence-electron chi connectivity index (χ4n) is 2.56. The van der Waals surface area contributed by atoms with Crippen LogP contribution in [0.5, 0.6) is 11.5 Å². The number of carboxylic acids is 1. The van der Waals surface area contributed by atoms with E-state index in [1.54, 1.807) is 43.5 Å². The molecular weight excluding hydrogens is 386 g/mol. The Kier molecular flexibility index (Phi) is 5.48. The van der Waals surface area contributed by atoms with Crippen LogP contribution in [0.3, 0.4) is 0 Å². The smallest absolute Gasteiger partial charge is 0.335 e. The Labute approximate surface area is 165 Å². The van der Waals surface area contributed by atoms with Gasteiger partial charge in [-0.2, -0.15) is 0 Å². The summed E-state index contributed by atoms with van der Waals surface area (Å²) in [5.41, 5.74) is 1.27. The molecule has 27 heavy (non-hydrogen) atoms. The van der Waals surface area contributed by atoms with Crippen molar-refractivity contribution in [2.24, 2.45) is 0 Å². The largest absolute Gasteiger partial charge is 0.493 e. The predicted molar refractivity (Wildman–Crippen MR) is 109 cm³/mol. The fraction of sp³-hybridized carbons (Fsp3) is 0.105. The van der Waals surface area contributed by atoms with Crippen LogP contribution in [0, 0.1) is 0 Å². The van der Waals surface area contributed by atoms with Gasteiger partial charge in [0, 0.05) is 0 Å². The number of anilines is 1. The molecule has 0 bridgehead atoms. The summed E-state index contributed by atoms with van der Waals surface area (Å²) in [7, 11) is 3.09. The highest BCUT2D eigenvalue weighted by Gasteiger charge is 2.33. The molecule has 0 atom stereocenters. The molecular formula is C19H15NO5S2. The number of hydrogen-bond acceptors (Lipinski definition) is 6. The van der Waals surface area contributed by atoms with Gasteiger partial charge < -0.3 is 14.6 Å². The highest BCUT2D eigenvalue weighted by atomic mass is 32.2. The Morgan fingerprint density at radius 2 is 1.89 bits per heavy atom. The Morgan fingerprint density at radius 3 is 2.56 bits per heavy atom. The molecule has 0 aromatic heterocycles. The number of benzene rings is 2. The average molecular weight is 401 g/mol. The summed E-state index contributed by atoms with van der Waals surface area (Å²) < 4.78 is 10.8. The number of aromatic carboxylic acids is 1. The summed E-state index contributed by atoms with van der Waals surface area (Å²) in [4.78, 5) is 25.8. The van der Waals surface area contributed by atoms with Crippen molar-refractivity contribution in [2.45, 2.75) is 0 Å². The highest BCUT2D eigenvalue weighted by molar-refractivity contribution is 8.27. The lowest BCUT2D eigenvalue weighted by atomic mass is 10.1. The maximum absolute atomic E-state index is 12.8. The first-order valence-electron chi connectivity index (χ1n) is 7.78. The maximum atomic E-state index is 12.8. The number of carboxylic acid groups (broad SMARTS) is 1. The van der Waals surface area contributed by atoms with Crippen LogP contribution < -0.4 is 14.4 Å². The van der Waals surface area contributed by atoms with Crippen LogP contribution in [0.4, 0.5) is 5.69 Å². The number of rotatable bonds is 5. The van der Waals surface area contributed by atoms with Crippen molar-refractivity contribution >= 4 is 51.9 Å². The van der Waals surface area contributed by atoms with Crippen LogP contribution in [0.25, 0.3) is 6.08 Å². The van der Waals surface area contributed by atoms with Gasteiger partial charge in [-0.25, -0.2) is 4.79 Å². The van der Waals surface area contributed by atoms with Gasteiger partial charge in [-0.05, 0) is 42.0 Å². The topological polar surface area (TPSA) is 76.1 Å². The van der Waals surface area contributed by atoms with Gasteiger partial charge in [0.2, 0.25) is 0 Å². The van der Waals surface area contributed by atoms with E-state index in [0.717, 1.165) is 17.3 Å². The summed E-state index contributed by atoms with van der Waals surface area (Å²) in [6, 6.07) is 11.4. The molecule has 0 spiro atoms. The van der Waals surface area contributed by atoms with E-state index in [1.165, 1.54) is 24.1 Å². The minimum absolute atomic E-state index is 0.0884. The summed E-state index contributed by atoms with van der Waals surface area (Å²) >= 11 is 6.48. The van der Waals surface area contributed by atoms with Gasteiger partial charge >= 0.3 is 5.97 Å². The number of thiocarbonyl (C=S) groups is 1. The molecule has 6 nitrogen and oxygen atoms in total. The zero-order chi connectivity index (χ0) is 19.6. The summed E-state index contributed by atoms with van der Waals surface area (Å²) in [6.07, 6.45) is 1.71. The van der Waals surface area contributed by atoms with E-state index in [1.807, 2.05) is 0 Å². The normalized spacial score (nSPS) is 15.3. The van der Waals surface area contributed by atoms with E-state index in [-0.39, 0.29) is 11.5 Å². The molecule has 1 saturated heterocycles. The molecule has 2 aromatic carbocycles. The van der Waals surface area contributed by atoms with Crippen LogP contribution in [0.1, 0.15) is 15.9 Å². The predicted octanol–water partition coefficient (Wildman–Crippen LogP) is 3.81.